The van der Waals surface area contributed by atoms with Crippen LogP contribution in [-0.2, 0) is 14.1 Å². The highest BCUT2D eigenvalue weighted by Gasteiger charge is 2.19. The minimum Gasteiger partial charge on any atom is -0.321 e. The van der Waals surface area contributed by atoms with E-state index in [2.05, 4.69) is 20.5 Å². The van der Waals surface area contributed by atoms with Gasteiger partial charge in [-0.05, 0) is 30.7 Å². The number of nitrogens with zero attached hydrogens (tertiary/aromatic N) is 5. The Kier molecular flexibility index (Phi) is 3.76. The number of hydrogen-bond donors (Lipinski definition) is 1. The van der Waals surface area contributed by atoms with E-state index in [1.807, 2.05) is 44.4 Å². The first-order valence-corrected chi connectivity index (χ1v) is 8.21. The molecule has 7 nitrogen and oxygen atoms in total. The first kappa shape index (κ1) is 16.0. The second-order valence-corrected chi connectivity index (χ2v) is 6.25. The molecule has 0 radical (unpaired) electrons. The topological polar surface area (TPSA) is 77.6 Å². The molecule has 4 rings (SSSR count). The van der Waals surface area contributed by atoms with Crippen LogP contribution < -0.4 is 5.32 Å². The smallest absolute Gasteiger partial charge is 0.259 e. The summed E-state index contributed by atoms with van der Waals surface area (Å²) in [6, 6.07) is 7.67. The molecule has 0 aliphatic carbocycles. The highest BCUT2D eigenvalue weighted by molar-refractivity contribution is 6.11. The van der Waals surface area contributed by atoms with Crippen LogP contribution >= 0.6 is 0 Å². The van der Waals surface area contributed by atoms with Crippen molar-refractivity contribution >= 4 is 22.5 Å². The van der Waals surface area contributed by atoms with Gasteiger partial charge in [-0.1, -0.05) is 6.07 Å². The van der Waals surface area contributed by atoms with Crippen LogP contribution in [0.2, 0.25) is 0 Å². The SMILES string of the molecule is Cc1ccc(NC(=O)c2cn(C)nc2-c2cnn(C)c2)c2cccnc12. The van der Waals surface area contributed by atoms with Crippen molar-refractivity contribution in [1.82, 2.24) is 24.5 Å². The molecule has 0 fully saturated rings. The molecular weight excluding hydrogens is 328 g/mol. The van der Waals surface area contributed by atoms with Gasteiger partial charge in [0.1, 0.15) is 5.69 Å². The van der Waals surface area contributed by atoms with E-state index in [-0.39, 0.29) is 5.91 Å². The summed E-state index contributed by atoms with van der Waals surface area (Å²) in [4.78, 5) is 17.4. The normalized spacial score (nSPS) is 11.0. The summed E-state index contributed by atoms with van der Waals surface area (Å²) >= 11 is 0. The lowest BCUT2D eigenvalue weighted by Crippen LogP contribution is -2.12. The van der Waals surface area contributed by atoms with E-state index in [0.29, 0.717) is 11.3 Å². The van der Waals surface area contributed by atoms with Crippen molar-refractivity contribution in [3.63, 3.8) is 0 Å². The third-order valence-electron chi connectivity index (χ3n) is 4.27. The molecule has 0 aliphatic heterocycles. The number of aryl methyl sites for hydroxylation is 3. The number of benzene rings is 1. The van der Waals surface area contributed by atoms with Crippen LogP contribution in [0.15, 0.2) is 49.1 Å². The molecule has 130 valence electrons. The quantitative estimate of drug-likeness (QED) is 0.619. The Morgan fingerprint density at radius 2 is 1.96 bits per heavy atom. The Balaban J connectivity index is 1.74. The number of carbonyl (C=O) groups is 1. The van der Waals surface area contributed by atoms with Crippen molar-refractivity contribution in [3.05, 3.63) is 60.2 Å². The van der Waals surface area contributed by atoms with Crippen molar-refractivity contribution in [3.8, 4) is 11.3 Å². The van der Waals surface area contributed by atoms with E-state index < -0.39 is 0 Å². The fourth-order valence-electron chi connectivity index (χ4n) is 3.02. The summed E-state index contributed by atoms with van der Waals surface area (Å²) in [5, 5.41) is 12.5. The zero-order valence-electron chi connectivity index (χ0n) is 14.8. The van der Waals surface area contributed by atoms with Crippen LogP contribution in [-0.4, -0.2) is 30.5 Å². The molecule has 0 unspecified atom stereocenters. The van der Waals surface area contributed by atoms with Gasteiger partial charge in [0, 0.05) is 43.6 Å². The molecule has 7 heteroatoms. The van der Waals surface area contributed by atoms with Gasteiger partial charge in [-0.2, -0.15) is 10.2 Å². The van der Waals surface area contributed by atoms with Crippen molar-refractivity contribution in [2.45, 2.75) is 6.92 Å². The van der Waals surface area contributed by atoms with E-state index in [0.717, 1.165) is 27.7 Å². The van der Waals surface area contributed by atoms with Crippen molar-refractivity contribution in [1.29, 1.82) is 0 Å². The van der Waals surface area contributed by atoms with E-state index in [1.165, 1.54) is 0 Å². The monoisotopic (exact) mass is 346 g/mol. The number of aromatic nitrogens is 5. The Bertz CT molecular complexity index is 1120. The van der Waals surface area contributed by atoms with Gasteiger partial charge in [0.25, 0.3) is 5.91 Å². The lowest BCUT2D eigenvalue weighted by Gasteiger charge is -2.09. The Morgan fingerprint density at radius 3 is 2.73 bits per heavy atom. The zero-order chi connectivity index (χ0) is 18.3. The fraction of sp³-hybridized carbons (Fsp3) is 0.158. The van der Waals surface area contributed by atoms with Gasteiger partial charge in [0.15, 0.2) is 0 Å². The van der Waals surface area contributed by atoms with E-state index in [9.17, 15) is 4.79 Å². The van der Waals surface area contributed by atoms with Gasteiger partial charge in [0.2, 0.25) is 0 Å². The number of anilines is 1. The molecule has 0 atom stereocenters. The summed E-state index contributed by atoms with van der Waals surface area (Å²) in [5.41, 5.74) is 4.57. The van der Waals surface area contributed by atoms with Crippen LogP contribution in [0.5, 0.6) is 0 Å². The van der Waals surface area contributed by atoms with Crippen LogP contribution in [0.25, 0.3) is 22.2 Å². The maximum Gasteiger partial charge on any atom is 0.259 e. The molecule has 0 saturated heterocycles. The average molecular weight is 346 g/mol. The molecule has 1 aromatic carbocycles. The van der Waals surface area contributed by atoms with Crippen molar-refractivity contribution in [2.75, 3.05) is 5.32 Å². The molecule has 0 saturated carbocycles. The number of carbonyl (C=O) groups excluding carboxylic acids is 1. The highest BCUT2D eigenvalue weighted by Crippen LogP contribution is 2.27. The second kappa shape index (κ2) is 6.11. The van der Waals surface area contributed by atoms with Crippen LogP contribution in [0, 0.1) is 6.92 Å². The predicted molar refractivity (Wildman–Crippen MR) is 99.8 cm³/mol. The maximum atomic E-state index is 12.9. The largest absolute Gasteiger partial charge is 0.321 e. The van der Waals surface area contributed by atoms with Crippen molar-refractivity contribution in [2.24, 2.45) is 14.1 Å². The summed E-state index contributed by atoms with van der Waals surface area (Å²) in [5.74, 6) is -0.217. The molecule has 1 N–H and O–H groups in total. The minimum atomic E-state index is -0.217. The van der Waals surface area contributed by atoms with E-state index in [4.69, 9.17) is 0 Å². The summed E-state index contributed by atoms with van der Waals surface area (Å²) in [7, 11) is 3.62. The van der Waals surface area contributed by atoms with Crippen LogP contribution in [0.1, 0.15) is 15.9 Å². The highest BCUT2D eigenvalue weighted by atomic mass is 16.1. The van der Waals surface area contributed by atoms with Crippen molar-refractivity contribution < 1.29 is 4.79 Å². The summed E-state index contributed by atoms with van der Waals surface area (Å²) in [6.07, 6.45) is 7.00. The average Bonchev–Trinajstić information content (AvgIpc) is 3.23. The lowest BCUT2D eigenvalue weighted by molar-refractivity contribution is 0.102. The molecule has 26 heavy (non-hydrogen) atoms. The van der Waals surface area contributed by atoms with E-state index >= 15 is 0 Å². The number of fused-ring (bicyclic) bond motifs is 1. The van der Waals surface area contributed by atoms with Gasteiger partial charge in [-0.15, -0.1) is 0 Å². The van der Waals surface area contributed by atoms with Gasteiger partial charge in [0.05, 0.1) is 23.0 Å². The van der Waals surface area contributed by atoms with Crippen LogP contribution in [0.4, 0.5) is 5.69 Å². The molecule has 0 aliphatic rings. The number of nitrogens with one attached hydrogen (secondary N) is 1. The van der Waals surface area contributed by atoms with Gasteiger partial charge < -0.3 is 5.32 Å². The number of hydrogen-bond acceptors (Lipinski definition) is 4. The maximum absolute atomic E-state index is 12.9. The summed E-state index contributed by atoms with van der Waals surface area (Å²) in [6.45, 7) is 2.00. The first-order chi connectivity index (χ1) is 12.5. The first-order valence-electron chi connectivity index (χ1n) is 8.21. The van der Waals surface area contributed by atoms with Gasteiger partial charge >= 0.3 is 0 Å². The molecule has 0 bridgehead atoms. The molecular formula is C19H18N6O. The number of rotatable bonds is 3. The van der Waals surface area contributed by atoms with Gasteiger partial charge in [-0.3, -0.25) is 19.1 Å². The molecule has 4 aromatic rings. The zero-order valence-corrected chi connectivity index (χ0v) is 14.8. The predicted octanol–water partition coefficient (Wildman–Crippen LogP) is 2.93. The third kappa shape index (κ3) is 2.73. The number of pyridine rings is 1. The van der Waals surface area contributed by atoms with E-state index in [1.54, 1.807) is 35.0 Å². The standard InChI is InChI=1S/C19H18N6O/c1-12-6-7-16(14-5-4-8-20-17(12)14)22-19(26)15-11-25(3)23-18(15)13-9-21-24(2)10-13/h4-11H,1-3H3,(H,22,26). The molecule has 0 spiro atoms. The Hall–Kier alpha value is -3.48. The molecule has 3 aromatic heterocycles. The number of amides is 1. The third-order valence-corrected chi connectivity index (χ3v) is 4.27. The Labute approximate surface area is 150 Å². The lowest BCUT2D eigenvalue weighted by atomic mass is 10.1. The Morgan fingerprint density at radius 1 is 1.12 bits per heavy atom. The molecule has 3 heterocycles. The summed E-state index contributed by atoms with van der Waals surface area (Å²) < 4.78 is 3.32. The minimum absolute atomic E-state index is 0.217. The fourth-order valence-corrected chi connectivity index (χ4v) is 3.02. The van der Waals surface area contributed by atoms with Gasteiger partial charge in [-0.25, -0.2) is 0 Å². The second-order valence-electron chi connectivity index (χ2n) is 6.25. The van der Waals surface area contributed by atoms with Crippen LogP contribution in [0.3, 0.4) is 0 Å². The molecule has 1 amide bonds.